The van der Waals surface area contributed by atoms with Gasteiger partial charge in [0, 0.05) is 29.9 Å². The lowest BCUT2D eigenvalue weighted by molar-refractivity contribution is -0.120. The van der Waals surface area contributed by atoms with E-state index in [-0.39, 0.29) is 18.0 Å². The molecule has 2 aromatic heterocycles. The number of hydrogen-bond acceptors (Lipinski definition) is 8. The van der Waals surface area contributed by atoms with Crippen molar-refractivity contribution in [2.45, 2.75) is 97.4 Å². The number of likely N-dealkylation sites (tertiary alicyclic amines) is 2. The fourth-order valence-electron chi connectivity index (χ4n) is 6.15. The fraction of sp³-hybridized carbons (Fsp3) is 0.472. The van der Waals surface area contributed by atoms with Crippen LogP contribution in [0.2, 0.25) is 0 Å². The van der Waals surface area contributed by atoms with Crippen LogP contribution in [-0.2, 0) is 14.3 Å². The Labute approximate surface area is 280 Å². The highest BCUT2D eigenvalue weighted by Gasteiger charge is 2.37. The second-order valence-electron chi connectivity index (χ2n) is 14.6. The molecule has 2 fully saturated rings. The number of fused-ring (bicyclic) bond motifs is 1. The van der Waals surface area contributed by atoms with Gasteiger partial charge in [0.25, 0.3) is 0 Å². The van der Waals surface area contributed by atoms with Gasteiger partial charge in [-0.2, -0.15) is 0 Å². The predicted molar refractivity (Wildman–Crippen MR) is 181 cm³/mol. The first kappa shape index (κ1) is 33.0. The number of aromatic amines is 1. The molecular formula is C36H44N6O6. The molecule has 0 unspecified atom stereocenters. The molecule has 4 heterocycles. The SMILES string of the molecule is Cc1ccc(-c2ncc(-c3ccc4[nH]c([C@@H]5CCCN5C(=O)OC(C)(C)C)nc4c3)o2)cc1NC(=O)[C@@H]1CCCN1C(=O)OC(C)(C)C. The van der Waals surface area contributed by atoms with E-state index < -0.39 is 23.3 Å². The molecule has 0 spiro atoms. The summed E-state index contributed by atoms with van der Waals surface area (Å²) >= 11 is 0. The number of imidazole rings is 1. The Morgan fingerprint density at radius 2 is 1.56 bits per heavy atom. The van der Waals surface area contributed by atoms with Crippen molar-refractivity contribution in [1.82, 2.24) is 24.8 Å². The van der Waals surface area contributed by atoms with Gasteiger partial charge < -0.3 is 24.2 Å². The number of benzene rings is 2. The van der Waals surface area contributed by atoms with Crippen LogP contribution in [0.3, 0.4) is 0 Å². The van der Waals surface area contributed by atoms with E-state index in [1.807, 2.05) is 84.9 Å². The van der Waals surface area contributed by atoms with Crippen LogP contribution in [0.15, 0.2) is 47.0 Å². The molecule has 6 rings (SSSR count). The third-order valence-electron chi connectivity index (χ3n) is 8.41. The van der Waals surface area contributed by atoms with Crippen LogP contribution in [-0.4, -0.2) is 73.2 Å². The smallest absolute Gasteiger partial charge is 0.410 e. The molecule has 4 aromatic rings. The number of ether oxygens (including phenoxy) is 2. The van der Waals surface area contributed by atoms with Crippen molar-refractivity contribution >= 4 is 34.8 Å². The van der Waals surface area contributed by atoms with Crippen molar-refractivity contribution in [3.05, 3.63) is 54.0 Å². The number of oxazole rings is 1. The molecule has 2 aromatic carbocycles. The van der Waals surface area contributed by atoms with Gasteiger partial charge >= 0.3 is 12.2 Å². The second kappa shape index (κ2) is 12.6. The molecule has 0 aliphatic carbocycles. The first-order valence-electron chi connectivity index (χ1n) is 16.5. The van der Waals surface area contributed by atoms with Crippen molar-refractivity contribution < 1.29 is 28.3 Å². The highest BCUT2D eigenvalue weighted by Crippen LogP contribution is 2.35. The Balaban J connectivity index is 1.17. The molecule has 2 aliphatic heterocycles. The summed E-state index contributed by atoms with van der Waals surface area (Å²) < 4.78 is 17.4. The highest BCUT2D eigenvalue weighted by molar-refractivity contribution is 5.98. The molecule has 0 bridgehead atoms. The number of anilines is 1. The van der Waals surface area contributed by atoms with Crippen LogP contribution >= 0.6 is 0 Å². The number of rotatable bonds is 5. The van der Waals surface area contributed by atoms with Gasteiger partial charge in [0.15, 0.2) is 5.76 Å². The quantitative estimate of drug-likeness (QED) is 0.224. The predicted octanol–water partition coefficient (Wildman–Crippen LogP) is 7.60. The number of amides is 3. The second-order valence-corrected chi connectivity index (χ2v) is 14.6. The minimum absolute atomic E-state index is 0.183. The molecule has 2 aliphatic rings. The average molecular weight is 657 g/mol. The third kappa shape index (κ3) is 7.17. The van der Waals surface area contributed by atoms with Crippen LogP contribution in [0.25, 0.3) is 33.8 Å². The first-order valence-corrected chi connectivity index (χ1v) is 16.5. The van der Waals surface area contributed by atoms with E-state index in [1.165, 1.54) is 4.90 Å². The van der Waals surface area contributed by atoms with E-state index >= 15 is 0 Å². The number of nitrogens with one attached hydrogen (secondary N) is 2. The highest BCUT2D eigenvalue weighted by atomic mass is 16.6. The van der Waals surface area contributed by atoms with E-state index in [0.29, 0.717) is 42.4 Å². The van der Waals surface area contributed by atoms with Gasteiger partial charge in [0.05, 0.1) is 23.3 Å². The minimum atomic E-state index is -0.645. The lowest BCUT2D eigenvalue weighted by Gasteiger charge is -2.28. The van der Waals surface area contributed by atoms with Crippen LogP contribution in [0, 0.1) is 6.92 Å². The zero-order valence-electron chi connectivity index (χ0n) is 28.7. The summed E-state index contributed by atoms with van der Waals surface area (Å²) in [5.74, 6) is 1.44. The van der Waals surface area contributed by atoms with E-state index in [2.05, 4.69) is 15.3 Å². The van der Waals surface area contributed by atoms with E-state index in [0.717, 1.165) is 47.2 Å². The van der Waals surface area contributed by atoms with Gasteiger partial charge in [-0.15, -0.1) is 0 Å². The molecule has 2 N–H and O–H groups in total. The maximum atomic E-state index is 13.3. The number of H-pyrrole nitrogens is 1. The topological polar surface area (TPSA) is 143 Å². The Kier molecular flexibility index (Phi) is 8.69. The van der Waals surface area contributed by atoms with Crippen molar-refractivity contribution in [3.63, 3.8) is 0 Å². The van der Waals surface area contributed by atoms with Crippen LogP contribution in [0.5, 0.6) is 0 Å². The van der Waals surface area contributed by atoms with Gasteiger partial charge in [0.2, 0.25) is 11.8 Å². The van der Waals surface area contributed by atoms with E-state index in [9.17, 15) is 14.4 Å². The normalized spacial score (nSPS) is 18.4. The number of nitrogens with zero attached hydrogens (tertiary/aromatic N) is 4. The molecule has 12 nitrogen and oxygen atoms in total. The maximum Gasteiger partial charge on any atom is 0.410 e. The van der Waals surface area contributed by atoms with Crippen molar-refractivity contribution in [2.75, 3.05) is 18.4 Å². The average Bonchev–Trinajstić information content (AvgIpc) is 3.81. The summed E-state index contributed by atoms with van der Waals surface area (Å²) in [6.45, 7) is 14.0. The summed E-state index contributed by atoms with van der Waals surface area (Å²) in [7, 11) is 0. The molecule has 48 heavy (non-hydrogen) atoms. The molecule has 0 radical (unpaired) electrons. The van der Waals surface area contributed by atoms with Gasteiger partial charge in [-0.1, -0.05) is 6.07 Å². The third-order valence-corrected chi connectivity index (χ3v) is 8.41. The molecular weight excluding hydrogens is 612 g/mol. The summed E-state index contributed by atoms with van der Waals surface area (Å²) in [5, 5.41) is 3.01. The number of aromatic nitrogens is 3. The number of carbonyl (C=O) groups is 3. The van der Waals surface area contributed by atoms with Crippen LogP contribution < -0.4 is 5.32 Å². The standard InChI is InChI=1S/C36H44N6O6/c1-21-12-13-23(19-25(21)40-31(43)28-11-9-17-42(28)34(45)48-36(5,6)7)32-37-20-29(46-32)22-14-15-24-26(18-22)39-30(38-24)27-10-8-16-41(27)33(44)47-35(2,3)4/h12-15,18-20,27-28H,8-11,16-17H2,1-7H3,(H,38,39)(H,40,43)/t27-,28-/m0/s1. The molecule has 3 amide bonds. The van der Waals surface area contributed by atoms with E-state index in [1.54, 1.807) is 11.1 Å². The lowest BCUT2D eigenvalue weighted by Crippen LogP contribution is -2.45. The first-order chi connectivity index (χ1) is 22.6. The Bertz CT molecular complexity index is 1850. The zero-order chi connectivity index (χ0) is 34.4. The van der Waals surface area contributed by atoms with Crippen molar-refractivity contribution in [3.8, 4) is 22.8 Å². The lowest BCUT2D eigenvalue weighted by atomic mass is 10.1. The largest absolute Gasteiger partial charge is 0.444 e. The zero-order valence-corrected chi connectivity index (χ0v) is 28.7. The Morgan fingerprint density at radius 3 is 2.29 bits per heavy atom. The summed E-state index contributed by atoms with van der Waals surface area (Å²) in [5.41, 5.74) is 3.38. The summed E-state index contributed by atoms with van der Waals surface area (Å²) in [4.78, 5) is 55.0. The van der Waals surface area contributed by atoms with E-state index in [4.69, 9.17) is 18.9 Å². The molecule has 2 saturated heterocycles. The Morgan fingerprint density at radius 1 is 0.896 bits per heavy atom. The monoisotopic (exact) mass is 656 g/mol. The molecule has 0 saturated carbocycles. The van der Waals surface area contributed by atoms with Crippen LogP contribution in [0.4, 0.5) is 15.3 Å². The number of carbonyl (C=O) groups excluding carboxylic acids is 3. The number of aryl methyl sites for hydroxylation is 1. The fourth-order valence-corrected chi connectivity index (χ4v) is 6.15. The molecule has 2 atom stereocenters. The van der Waals surface area contributed by atoms with Gasteiger partial charge in [-0.25, -0.2) is 19.6 Å². The van der Waals surface area contributed by atoms with Crippen molar-refractivity contribution in [1.29, 1.82) is 0 Å². The van der Waals surface area contributed by atoms with Crippen molar-refractivity contribution in [2.24, 2.45) is 0 Å². The van der Waals surface area contributed by atoms with Gasteiger partial charge in [-0.3, -0.25) is 14.6 Å². The van der Waals surface area contributed by atoms with Gasteiger partial charge in [0.1, 0.15) is 23.1 Å². The van der Waals surface area contributed by atoms with Crippen LogP contribution in [0.1, 0.15) is 84.7 Å². The minimum Gasteiger partial charge on any atom is -0.444 e. The van der Waals surface area contributed by atoms with Gasteiger partial charge in [-0.05, 0) is 110 Å². The number of hydrogen-bond donors (Lipinski definition) is 2. The molecule has 12 heteroatoms. The Hall–Kier alpha value is -4.87. The summed E-state index contributed by atoms with van der Waals surface area (Å²) in [6, 6.07) is 10.6. The molecule has 254 valence electrons. The maximum absolute atomic E-state index is 13.3. The summed E-state index contributed by atoms with van der Waals surface area (Å²) in [6.07, 6.45) is 3.83.